The van der Waals surface area contributed by atoms with Crippen LogP contribution in [-0.2, 0) is 14.4 Å². The van der Waals surface area contributed by atoms with Crippen LogP contribution in [0.4, 0.5) is 0 Å². The molecule has 2 heterocycles. The van der Waals surface area contributed by atoms with E-state index in [9.17, 15) is 14.4 Å². The maximum absolute atomic E-state index is 11.0. The lowest BCUT2D eigenvalue weighted by Crippen LogP contribution is -2.51. The molecule has 0 bridgehead atoms. The lowest BCUT2D eigenvalue weighted by Gasteiger charge is -2.32. The SMILES string of the molecule is O=C1C[C@H]2SC(C(=O)O)(C(=O)O)CN12. The minimum atomic E-state index is -1.86. The molecule has 1 amide bonds. The predicted molar refractivity (Wildman–Crippen MR) is 45.7 cm³/mol. The molecule has 0 aromatic rings. The van der Waals surface area contributed by atoms with Crippen LogP contribution in [0.15, 0.2) is 0 Å². The Morgan fingerprint density at radius 1 is 1.43 bits per heavy atom. The van der Waals surface area contributed by atoms with Crippen LogP contribution in [0.3, 0.4) is 0 Å². The zero-order valence-electron chi connectivity index (χ0n) is 6.97. The van der Waals surface area contributed by atoms with Crippen molar-refractivity contribution in [1.82, 2.24) is 4.90 Å². The van der Waals surface area contributed by atoms with Gasteiger partial charge in [0, 0.05) is 0 Å². The number of amides is 1. The number of nitrogens with zero attached hydrogens (tertiary/aromatic N) is 1. The van der Waals surface area contributed by atoms with Crippen molar-refractivity contribution in [1.29, 1.82) is 0 Å². The van der Waals surface area contributed by atoms with E-state index in [-0.39, 0.29) is 24.2 Å². The molecule has 76 valence electrons. The molecule has 0 radical (unpaired) electrons. The first-order chi connectivity index (χ1) is 6.47. The highest BCUT2D eigenvalue weighted by atomic mass is 32.2. The number of β-lactam (4-membered cyclic amide) rings is 1. The summed E-state index contributed by atoms with van der Waals surface area (Å²) in [5, 5.41) is 17.4. The first-order valence-corrected chi connectivity index (χ1v) is 4.79. The van der Waals surface area contributed by atoms with Crippen LogP contribution in [0.2, 0.25) is 0 Å². The highest BCUT2D eigenvalue weighted by molar-refractivity contribution is 8.03. The van der Waals surface area contributed by atoms with Gasteiger partial charge in [0.2, 0.25) is 10.7 Å². The summed E-state index contributed by atoms with van der Waals surface area (Å²) < 4.78 is -1.86. The number of carbonyl (C=O) groups excluding carboxylic acids is 1. The topological polar surface area (TPSA) is 94.9 Å². The molecule has 0 unspecified atom stereocenters. The highest BCUT2D eigenvalue weighted by Crippen LogP contribution is 2.46. The second kappa shape index (κ2) is 2.63. The van der Waals surface area contributed by atoms with Gasteiger partial charge in [0.05, 0.1) is 18.3 Å². The summed E-state index contributed by atoms with van der Waals surface area (Å²) in [5.74, 6) is -2.96. The molecule has 0 aromatic carbocycles. The van der Waals surface area contributed by atoms with E-state index in [1.807, 2.05) is 0 Å². The van der Waals surface area contributed by atoms with E-state index in [4.69, 9.17) is 10.2 Å². The Balaban J connectivity index is 2.28. The van der Waals surface area contributed by atoms with Crippen molar-refractivity contribution < 1.29 is 24.6 Å². The molecule has 0 spiro atoms. The third-order valence-electron chi connectivity index (χ3n) is 2.44. The molecular weight excluding hydrogens is 210 g/mol. The van der Waals surface area contributed by atoms with E-state index in [1.54, 1.807) is 0 Å². The summed E-state index contributed by atoms with van der Waals surface area (Å²) in [6.45, 7) is -0.230. The van der Waals surface area contributed by atoms with Crippen LogP contribution < -0.4 is 0 Å². The molecule has 2 fully saturated rings. The van der Waals surface area contributed by atoms with Crippen LogP contribution in [0.5, 0.6) is 0 Å². The maximum Gasteiger partial charge on any atom is 0.333 e. The smallest absolute Gasteiger partial charge is 0.333 e. The molecule has 6 nitrogen and oxygen atoms in total. The number of carboxylic acid groups (broad SMARTS) is 2. The third kappa shape index (κ3) is 0.955. The summed E-state index contributed by atoms with van der Waals surface area (Å²) in [5.41, 5.74) is 0. The van der Waals surface area contributed by atoms with Crippen LogP contribution in [0, 0.1) is 0 Å². The minimum Gasteiger partial charge on any atom is -0.480 e. The zero-order chi connectivity index (χ0) is 10.5. The molecule has 14 heavy (non-hydrogen) atoms. The number of hydrogen-bond donors (Lipinski definition) is 2. The standard InChI is InChI=1S/C7H7NO5S/c9-3-1-4-8(3)2-7(14-4,5(10)11)6(12)13/h4H,1-2H2,(H,10,11)(H,12,13)/t4-/m1/s1. The van der Waals surface area contributed by atoms with E-state index in [0.29, 0.717) is 0 Å². The number of carboxylic acids is 2. The van der Waals surface area contributed by atoms with Gasteiger partial charge in [-0.25, -0.2) is 9.59 Å². The summed E-state index contributed by atoms with van der Waals surface area (Å²) >= 11 is 0.834. The number of thioether (sulfide) groups is 1. The van der Waals surface area contributed by atoms with Crippen LogP contribution in [0.1, 0.15) is 6.42 Å². The van der Waals surface area contributed by atoms with Gasteiger partial charge in [-0.2, -0.15) is 0 Å². The molecule has 0 aliphatic carbocycles. The van der Waals surface area contributed by atoms with Crippen molar-refractivity contribution in [3.05, 3.63) is 0 Å². The minimum absolute atomic E-state index is 0.174. The van der Waals surface area contributed by atoms with Gasteiger partial charge in [-0.3, -0.25) is 4.79 Å². The van der Waals surface area contributed by atoms with Gasteiger partial charge in [0.15, 0.2) is 0 Å². The van der Waals surface area contributed by atoms with Crippen molar-refractivity contribution in [2.24, 2.45) is 0 Å². The molecule has 2 aliphatic heterocycles. The average Bonchev–Trinajstić information content (AvgIpc) is 2.39. The predicted octanol–water partition coefficient (Wildman–Crippen LogP) is -0.800. The first-order valence-electron chi connectivity index (χ1n) is 3.91. The van der Waals surface area contributed by atoms with Crippen molar-refractivity contribution in [3.8, 4) is 0 Å². The van der Waals surface area contributed by atoms with Crippen molar-refractivity contribution >= 4 is 29.6 Å². The lowest BCUT2D eigenvalue weighted by atomic mass is 10.1. The van der Waals surface area contributed by atoms with Crippen molar-refractivity contribution in [2.45, 2.75) is 16.5 Å². The molecule has 0 aromatic heterocycles. The molecule has 2 rings (SSSR count). The Bertz CT molecular complexity index is 327. The molecule has 2 aliphatic rings. The van der Waals surface area contributed by atoms with Gasteiger partial charge in [0.25, 0.3) is 0 Å². The molecule has 2 saturated heterocycles. The second-order valence-electron chi connectivity index (χ2n) is 3.24. The Morgan fingerprint density at radius 2 is 2.00 bits per heavy atom. The van der Waals surface area contributed by atoms with Crippen molar-refractivity contribution in [2.75, 3.05) is 6.54 Å². The fraction of sp³-hybridized carbons (Fsp3) is 0.571. The van der Waals surface area contributed by atoms with E-state index in [2.05, 4.69) is 0 Å². The summed E-state index contributed by atoms with van der Waals surface area (Å²) in [6.07, 6.45) is 0.243. The Kier molecular flexibility index (Phi) is 1.75. The van der Waals surface area contributed by atoms with Crippen LogP contribution >= 0.6 is 11.8 Å². The van der Waals surface area contributed by atoms with E-state index >= 15 is 0 Å². The number of aliphatic carboxylic acids is 2. The lowest BCUT2D eigenvalue weighted by molar-refractivity contribution is -0.153. The molecule has 1 atom stereocenters. The maximum atomic E-state index is 11.0. The van der Waals surface area contributed by atoms with Crippen LogP contribution in [0.25, 0.3) is 0 Å². The zero-order valence-corrected chi connectivity index (χ0v) is 7.78. The second-order valence-corrected chi connectivity index (χ2v) is 4.71. The van der Waals surface area contributed by atoms with Crippen LogP contribution in [-0.4, -0.2) is 49.6 Å². The van der Waals surface area contributed by atoms with Gasteiger partial charge in [0.1, 0.15) is 0 Å². The van der Waals surface area contributed by atoms with E-state index in [0.717, 1.165) is 11.8 Å². The highest BCUT2D eigenvalue weighted by Gasteiger charge is 2.61. The van der Waals surface area contributed by atoms with Crippen molar-refractivity contribution in [3.63, 3.8) is 0 Å². The fourth-order valence-electron chi connectivity index (χ4n) is 1.56. The quantitative estimate of drug-likeness (QED) is 0.464. The van der Waals surface area contributed by atoms with Gasteiger partial charge >= 0.3 is 11.9 Å². The molecule has 7 heteroatoms. The number of carbonyl (C=O) groups is 3. The van der Waals surface area contributed by atoms with Gasteiger partial charge < -0.3 is 15.1 Å². The van der Waals surface area contributed by atoms with E-state index < -0.39 is 16.7 Å². The molecular formula is C7H7NO5S. The summed E-state index contributed by atoms with van der Waals surface area (Å²) in [4.78, 5) is 34.0. The van der Waals surface area contributed by atoms with Gasteiger partial charge in [-0.15, -0.1) is 11.8 Å². The Labute approximate surface area is 82.9 Å². The van der Waals surface area contributed by atoms with Gasteiger partial charge in [-0.1, -0.05) is 0 Å². The van der Waals surface area contributed by atoms with Gasteiger partial charge in [-0.05, 0) is 0 Å². The summed E-state index contributed by atoms with van der Waals surface area (Å²) in [7, 11) is 0. The normalized spacial score (nSPS) is 28.1. The number of fused-ring (bicyclic) bond motifs is 1. The number of hydrogen-bond acceptors (Lipinski definition) is 4. The molecule has 0 saturated carbocycles. The largest absolute Gasteiger partial charge is 0.480 e. The number of rotatable bonds is 2. The van der Waals surface area contributed by atoms with E-state index in [1.165, 1.54) is 4.90 Å². The molecule has 2 N–H and O–H groups in total. The summed E-state index contributed by atoms with van der Waals surface area (Å²) in [6, 6.07) is 0. The monoisotopic (exact) mass is 217 g/mol. The Morgan fingerprint density at radius 3 is 2.36 bits per heavy atom. The Hall–Kier alpha value is -1.24. The third-order valence-corrected chi connectivity index (χ3v) is 4.01. The average molecular weight is 217 g/mol. The fourth-order valence-corrected chi connectivity index (χ4v) is 2.98. The first kappa shape index (κ1) is 9.32.